The van der Waals surface area contributed by atoms with Gasteiger partial charge in [-0.25, -0.2) is 14.8 Å². The van der Waals surface area contributed by atoms with Crippen LogP contribution in [0.2, 0.25) is 0 Å². The van der Waals surface area contributed by atoms with Crippen LogP contribution in [0.1, 0.15) is 18.9 Å². The van der Waals surface area contributed by atoms with Crippen molar-refractivity contribution in [2.45, 2.75) is 19.9 Å². The summed E-state index contributed by atoms with van der Waals surface area (Å²) in [6, 6.07) is 13.7. The van der Waals surface area contributed by atoms with Gasteiger partial charge in [-0.15, -0.1) is 0 Å². The van der Waals surface area contributed by atoms with E-state index in [9.17, 15) is 9.18 Å². The number of para-hydroxylation sites is 2. The van der Waals surface area contributed by atoms with Crippen LogP contribution in [0.15, 0.2) is 60.0 Å². The summed E-state index contributed by atoms with van der Waals surface area (Å²) < 4.78 is 14.8. The van der Waals surface area contributed by atoms with Crippen LogP contribution in [0.25, 0.3) is 11.0 Å². The highest BCUT2D eigenvalue weighted by atomic mass is 19.1. The monoisotopic (exact) mass is 324 g/mol. The van der Waals surface area contributed by atoms with Gasteiger partial charge in [0.2, 0.25) is 0 Å². The van der Waals surface area contributed by atoms with Crippen molar-refractivity contribution in [3.63, 3.8) is 0 Å². The molecule has 6 heteroatoms. The third-order valence-corrected chi connectivity index (χ3v) is 3.67. The molecule has 0 aliphatic rings. The van der Waals surface area contributed by atoms with Crippen molar-refractivity contribution in [1.82, 2.24) is 15.0 Å². The van der Waals surface area contributed by atoms with E-state index in [1.165, 1.54) is 12.1 Å². The Balaban J connectivity index is 1.70. The minimum Gasteiger partial charge on any atom is -0.321 e. The van der Waals surface area contributed by atoms with Crippen LogP contribution in [0.5, 0.6) is 0 Å². The van der Waals surface area contributed by atoms with Gasteiger partial charge in [-0.2, -0.15) is 5.10 Å². The molecule has 5 nitrogen and oxygen atoms in total. The van der Waals surface area contributed by atoms with Crippen LogP contribution in [-0.2, 0) is 11.3 Å². The number of rotatable bonds is 5. The number of hydrogen-bond donors (Lipinski definition) is 1. The molecule has 3 aromatic rings. The van der Waals surface area contributed by atoms with Crippen LogP contribution in [0.3, 0.4) is 0 Å². The summed E-state index contributed by atoms with van der Waals surface area (Å²) in [5.41, 5.74) is 5.77. The number of halogens is 1. The molecule has 1 heterocycles. The highest BCUT2D eigenvalue weighted by Crippen LogP contribution is 2.11. The van der Waals surface area contributed by atoms with Crippen molar-refractivity contribution in [3.05, 3.63) is 66.2 Å². The van der Waals surface area contributed by atoms with Crippen molar-refractivity contribution < 1.29 is 9.18 Å². The van der Waals surface area contributed by atoms with Gasteiger partial charge in [0.1, 0.15) is 12.4 Å². The molecule has 3 rings (SSSR count). The van der Waals surface area contributed by atoms with Gasteiger partial charge < -0.3 is 4.57 Å². The fraction of sp³-hybridized carbons (Fsp3) is 0.167. The van der Waals surface area contributed by atoms with Gasteiger partial charge in [0.15, 0.2) is 0 Å². The lowest BCUT2D eigenvalue weighted by molar-refractivity contribution is -0.121. The minimum absolute atomic E-state index is 0.129. The van der Waals surface area contributed by atoms with Gasteiger partial charge >= 0.3 is 0 Å². The van der Waals surface area contributed by atoms with Gasteiger partial charge in [-0.05, 0) is 36.2 Å². The maximum atomic E-state index is 13.0. The zero-order valence-electron chi connectivity index (χ0n) is 13.2. The SMILES string of the molecule is CC/C(=N/NC(=O)Cn1cnc2ccccc21)c1ccc(F)cc1. The molecular formula is C18H17FN4O. The summed E-state index contributed by atoms with van der Waals surface area (Å²) >= 11 is 0. The molecule has 1 aromatic heterocycles. The molecular weight excluding hydrogens is 307 g/mol. The van der Waals surface area contributed by atoms with E-state index in [0.717, 1.165) is 16.6 Å². The highest BCUT2D eigenvalue weighted by molar-refractivity contribution is 6.00. The Hall–Kier alpha value is -3.02. The van der Waals surface area contributed by atoms with Crippen molar-refractivity contribution >= 4 is 22.7 Å². The van der Waals surface area contributed by atoms with Crippen LogP contribution >= 0.6 is 0 Å². The van der Waals surface area contributed by atoms with Crippen molar-refractivity contribution in [2.75, 3.05) is 0 Å². The van der Waals surface area contributed by atoms with E-state index in [1.54, 1.807) is 23.0 Å². The summed E-state index contributed by atoms with van der Waals surface area (Å²) in [7, 11) is 0. The number of carbonyl (C=O) groups excluding carboxylic acids is 1. The van der Waals surface area contributed by atoms with E-state index in [2.05, 4.69) is 15.5 Å². The van der Waals surface area contributed by atoms with Crippen molar-refractivity contribution in [1.29, 1.82) is 0 Å². The molecule has 1 amide bonds. The fourth-order valence-corrected chi connectivity index (χ4v) is 2.45. The third-order valence-electron chi connectivity index (χ3n) is 3.67. The molecule has 122 valence electrons. The number of nitrogens with one attached hydrogen (secondary N) is 1. The van der Waals surface area contributed by atoms with Crippen LogP contribution in [0, 0.1) is 5.82 Å². The first-order valence-electron chi connectivity index (χ1n) is 7.68. The average Bonchev–Trinajstić information content (AvgIpc) is 3.00. The van der Waals surface area contributed by atoms with Gasteiger partial charge in [-0.3, -0.25) is 4.79 Å². The number of aromatic nitrogens is 2. The smallest absolute Gasteiger partial charge is 0.260 e. The second kappa shape index (κ2) is 7.04. The molecule has 0 spiro atoms. The molecule has 0 radical (unpaired) electrons. The second-order valence-corrected chi connectivity index (χ2v) is 5.32. The predicted molar refractivity (Wildman–Crippen MR) is 91.1 cm³/mol. The Kier molecular flexibility index (Phi) is 4.65. The van der Waals surface area contributed by atoms with Gasteiger partial charge in [0.25, 0.3) is 5.91 Å². The predicted octanol–water partition coefficient (Wildman–Crippen LogP) is 3.11. The Labute approximate surface area is 138 Å². The van der Waals surface area contributed by atoms with Gasteiger partial charge in [-0.1, -0.05) is 31.2 Å². The Bertz CT molecular complexity index is 883. The summed E-state index contributed by atoms with van der Waals surface area (Å²) in [4.78, 5) is 16.4. The van der Waals surface area contributed by atoms with Crippen molar-refractivity contribution in [3.8, 4) is 0 Å². The molecule has 0 fully saturated rings. The highest BCUT2D eigenvalue weighted by Gasteiger charge is 2.07. The zero-order valence-corrected chi connectivity index (χ0v) is 13.2. The molecule has 1 N–H and O–H groups in total. The molecule has 0 atom stereocenters. The summed E-state index contributed by atoms with van der Waals surface area (Å²) in [6.45, 7) is 2.06. The average molecular weight is 324 g/mol. The largest absolute Gasteiger partial charge is 0.321 e. The van der Waals surface area contributed by atoms with E-state index in [4.69, 9.17) is 0 Å². The maximum absolute atomic E-state index is 13.0. The quantitative estimate of drug-likeness (QED) is 0.579. The van der Waals surface area contributed by atoms with E-state index >= 15 is 0 Å². The normalized spacial score (nSPS) is 11.7. The first-order valence-corrected chi connectivity index (χ1v) is 7.68. The van der Waals surface area contributed by atoms with E-state index in [-0.39, 0.29) is 18.3 Å². The maximum Gasteiger partial charge on any atom is 0.260 e. The number of imidazole rings is 1. The minimum atomic E-state index is -0.301. The number of benzene rings is 2. The third kappa shape index (κ3) is 3.48. The van der Waals surface area contributed by atoms with E-state index in [1.807, 2.05) is 31.2 Å². The van der Waals surface area contributed by atoms with E-state index < -0.39 is 0 Å². The molecule has 24 heavy (non-hydrogen) atoms. The summed E-state index contributed by atoms with van der Waals surface area (Å²) in [5.74, 6) is -0.545. The lowest BCUT2D eigenvalue weighted by Crippen LogP contribution is -2.24. The topological polar surface area (TPSA) is 59.3 Å². The zero-order chi connectivity index (χ0) is 16.9. The molecule has 0 aliphatic heterocycles. The first kappa shape index (κ1) is 15.9. The van der Waals surface area contributed by atoms with Gasteiger partial charge in [0, 0.05) is 0 Å². The molecule has 0 aliphatic carbocycles. The van der Waals surface area contributed by atoms with E-state index in [0.29, 0.717) is 12.1 Å². The molecule has 0 saturated carbocycles. The standard InChI is InChI=1S/C18H17FN4O/c1-2-15(13-7-9-14(19)10-8-13)21-22-18(24)11-23-12-20-16-5-3-4-6-17(16)23/h3-10,12H,2,11H2,1H3,(H,22,24)/b21-15-. The lowest BCUT2D eigenvalue weighted by atomic mass is 10.1. The first-order chi connectivity index (χ1) is 11.7. The van der Waals surface area contributed by atoms with Crippen LogP contribution in [0.4, 0.5) is 4.39 Å². The Morgan fingerprint density at radius 3 is 2.71 bits per heavy atom. The Morgan fingerprint density at radius 1 is 1.21 bits per heavy atom. The summed E-state index contributed by atoms with van der Waals surface area (Å²) in [5, 5.41) is 4.16. The summed E-state index contributed by atoms with van der Waals surface area (Å²) in [6.07, 6.45) is 2.26. The number of amides is 1. The van der Waals surface area contributed by atoms with Crippen molar-refractivity contribution in [2.24, 2.45) is 5.10 Å². The van der Waals surface area contributed by atoms with Crippen LogP contribution in [-0.4, -0.2) is 21.2 Å². The molecule has 0 saturated heterocycles. The Morgan fingerprint density at radius 2 is 1.96 bits per heavy atom. The number of hydrazone groups is 1. The lowest BCUT2D eigenvalue weighted by Gasteiger charge is -2.06. The number of hydrogen-bond acceptors (Lipinski definition) is 3. The van der Waals surface area contributed by atoms with Crippen LogP contribution < -0.4 is 5.43 Å². The second-order valence-electron chi connectivity index (χ2n) is 5.32. The molecule has 2 aromatic carbocycles. The number of carbonyl (C=O) groups is 1. The van der Waals surface area contributed by atoms with Gasteiger partial charge in [0.05, 0.1) is 23.1 Å². The molecule has 0 unspecified atom stereocenters. The molecule has 0 bridgehead atoms. The number of nitrogens with zero attached hydrogens (tertiary/aromatic N) is 3. The fourth-order valence-electron chi connectivity index (χ4n) is 2.45. The number of fused-ring (bicyclic) bond motifs is 1.